The molecule has 0 saturated carbocycles. The van der Waals surface area contributed by atoms with Gasteiger partial charge in [-0.3, -0.25) is 4.79 Å². The number of amides is 1. The maximum Gasteiger partial charge on any atom is 0.251 e. The van der Waals surface area contributed by atoms with Crippen molar-refractivity contribution in [3.63, 3.8) is 0 Å². The van der Waals surface area contributed by atoms with E-state index in [1.165, 1.54) is 30.3 Å². The van der Waals surface area contributed by atoms with Crippen LogP contribution in [0.5, 0.6) is 0 Å². The second kappa shape index (κ2) is 6.45. The fourth-order valence-corrected chi connectivity index (χ4v) is 2.69. The van der Waals surface area contributed by atoms with Crippen LogP contribution in [0.15, 0.2) is 47.4 Å². The van der Waals surface area contributed by atoms with Crippen LogP contribution in [0.1, 0.15) is 28.9 Å². The second-order valence-electron chi connectivity index (χ2n) is 5.16. The third-order valence-electron chi connectivity index (χ3n) is 3.32. The van der Waals surface area contributed by atoms with Gasteiger partial charge in [-0.05, 0) is 37.3 Å². The van der Waals surface area contributed by atoms with Crippen LogP contribution in [0.4, 0.5) is 8.78 Å². The third-order valence-corrected chi connectivity index (χ3v) is 4.45. The van der Waals surface area contributed by atoms with Crippen molar-refractivity contribution in [1.29, 1.82) is 0 Å². The zero-order chi connectivity index (χ0) is 17.2. The Bertz CT molecular complexity index is 833. The van der Waals surface area contributed by atoms with E-state index in [-0.39, 0.29) is 16.0 Å². The minimum absolute atomic E-state index is 0.103. The van der Waals surface area contributed by atoms with Crippen LogP contribution in [0.3, 0.4) is 0 Å². The van der Waals surface area contributed by atoms with E-state index in [1.807, 2.05) is 0 Å². The normalized spacial score (nSPS) is 12.7. The number of sulfone groups is 1. The molecule has 0 radical (unpaired) electrons. The highest BCUT2D eigenvalue weighted by Gasteiger charge is 2.16. The van der Waals surface area contributed by atoms with E-state index >= 15 is 0 Å². The molecular formula is C16H15F2NO3S. The lowest BCUT2D eigenvalue weighted by Crippen LogP contribution is -2.27. The highest BCUT2D eigenvalue weighted by atomic mass is 32.2. The second-order valence-corrected chi connectivity index (χ2v) is 7.17. The molecule has 4 nitrogen and oxygen atoms in total. The predicted molar refractivity (Wildman–Crippen MR) is 81.8 cm³/mol. The topological polar surface area (TPSA) is 63.2 Å². The summed E-state index contributed by atoms with van der Waals surface area (Å²) < 4.78 is 49.3. The van der Waals surface area contributed by atoms with E-state index in [0.717, 1.165) is 18.4 Å². The first-order valence-corrected chi connectivity index (χ1v) is 8.63. The van der Waals surface area contributed by atoms with Crippen LogP contribution in [0.25, 0.3) is 0 Å². The lowest BCUT2D eigenvalue weighted by molar-refractivity contribution is 0.0939. The first-order valence-electron chi connectivity index (χ1n) is 6.74. The van der Waals surface area contributed by atoms with Gasteiger partial charge < -0.3 is 5.32 Å². The Morgan fingerprint density at radius 3 is 2.22 bits per heavy atom. The molecule has 1 atom stereocenters. The van der Waals surface area contributed by atoms with Gasteiger partial charge in [-0.15, -0.1) is 0 Å². The lowest BCUT2D eigenvalue weighted by atomic mass is 10.1. The van der Waals surface area contributed by atoms with Crippen molar-refractivity contribution in [1.82, 2.24) is 5.32 Å². The molecule has 0 spiro atoms. The molecule has 122 valence electrons. The average Bonchev–Trinajstić information content (AvgIpc) is 2.46. The number of hydrogen-bond acceptors (Lipinski definition) is 3. The van der Waals surface area contributed by atoms with Crippen molar-refractivity contribution in [2.45, 2.75) is 17.9 Å². The van der Waals surface area contributed by atoms with E-state index in [2.05, 4.69) is 5.32 Å². The summed E-state index contributed by atoms with van der Waals surface area (Å²) in [6.07, 6.45) is 1.07. The monoisotopic (exact) mass is 339 g/mol. The minimum Gasteiger partial charge on any atom is -0.345 e. The Labute approximate surface area is 133 Å². The fraction of sp³-hybridized carbons (Fsp3) is 0.188. The van der Waals surface area contributed by atoms with Crippen molar-refractivity contribution < 1.29 is 22.0 Å². The highest BCUT2D eigenvalue weighted by molar-refractivity contribution is 7.90. The molecule has 0 aliphatic heterocycles. The van der Waals surface area contributed by atoms with Gasteiger partial charge in [-0.2, -0.15) is 0 Å². The third kappa shape index (κ3) is 4.13. The van der Waals surface area contributed by atoms with Crippen molar-refractivity contribution in [3.8, 4) is 0 Å². The summed E-state index contributed by atoms with van der Waals surface area (Å²) in [6.45, 7) is 1.57. The summed E-state index contributed by atoms with van der Waals surface area (Å²) in [5.41, 5.74) is 0.402. The lowest BCUT2D eigenvalue weighted by Gasteiger charge is -2.15. The Morgan fingerprint density at radius 2 is 1.70 bits per heavy atom. The molecule has 0 unspecified atom stereocenters. The molecule has 1 N–H and O–H groups in total. The average molecular weight is 339 g/mol. The molecule has 1 amide bonds. The van der Waals surface area contributed by atoms with Gasteiger partial charge in [-0.25, -0.2) is 17.2 Å². The maximum absolute atomic E-state index is 13.7. The number of halogens is 2. The largest absolute Gasteiger partial charge is 0.345 e. The number of hydrogen-bond donors (Lipinski definition) is 1. The van der Waals surface area contributed by atoms with E-state index < -0.39 is 33.4 Å². The van der Waals surface area contributed by atoms with Gasteiger partial charge in [-0.1, -0.05) is 6.07 Å². The summed E-state index contributed by atoms with van der Waals surface area (Å²) in [6, 6.07) is 7.86. The van der Waals surface area contributed by atoms with Crippen molar-refractivity contribution >= 4 is 15.7 Å². The van der Waals surface area contributed by atoms with Gasteiger partial charge in [0.1, 0.15) is 11.6 Å². The molecule has 0 fully saturated rings. The van der Waals surface area contributed by atoms with E-state index in [4.69, 9.17) is 0 Å². The SMILES string of the molecule is C[C@@H](NC(=O)c1ccc(S(C)(=O)=O)cc1)c1ccc(F)cc1F. The zero-order valence-corrected chi connectivity index (χ0v) is 13.3. The van der Waals surface area contributed by atoms with Crippen LogP contribution >= 0.6 is 0 Å². The molecule has 2 rings (SSSR count). The molecule has 0 aromatic heterocycles. The quantitative estimate of drug-likeness (QED) is 0.932. The number of nitrogens with one attached hydrogen (secondary N) is 1. The van der Waals surface area contributed by atoms with Crippen LogP contribution in [-0.2, 0) is 9.84 Å². The molecule has 0 aliphatic rings. The van der Waals surface area contributed by atoms with Gasteiger partial charge in [0.25, 0.3) is 5.91 Å². The molecular weight excluding hydrogens is 324 g/mol. The van der Waals surface area contributed by atoms with E-state index in [0.29, 0.717) is 0 Å². The first kappa shape index (κ1) is 17.1. The fourth-order valence-electron chi connectivity index (χ4n) is 2.06. The Hall–Kier alpha value is -2.28. The molecule has 0 bridgehead atoms. The van der Waals surface area contributed by atoms with Crippen molar-refractivity contribution in [2.24, 2.45) is 0 Å². The summed E-state index contributed by atoms with van der Waals surface area (Å²) >= 11 is 0. The molecule has 0 heterocycles. The molecule has 2 aromatic carbocycles. The van der Waals surface area contributed by atoms with Gasteiger partial charge >= 0.3 is 0 Å². The number of rotatable bonds is 4. The van der Waals surface area contributed by atoms with Crippen LogP contribution in [0, 0.1) is 11.6 Å². The van der Waals surface area contributed by atoms with E-state index in [9.17, 15) is 22.0 Å². The Kier molecular flexibility index (Phi) is 4.79. The molecule has 0 aliphatic carbocycles. The van der Waals surface area contributed by atoms with Crippen LogP contribution in [-0.4, -0.2) is 20.6 Å². The van der Waals surface area contributed by atoms with Crippen molar-refractivity contribution in [3.05, 3.63) is 65.2 Å². The molecule has 23 heavy (non-hydrogen) atoms. The van der Waals surface area contributed by atoms with Gasteiger partial charge in [0.15, 0.2) is 9.84 Å². The molecule has 7 heteroatoms. The standard InChI is InChI=1S/C16H15F2NO3S/c1-10(14-8-5-12(17)9-15(14)18)19-16(20)11-3-6-13(7-4-11)23(2,21)22/h3-10H,1-2H3,(H,19,20)/t10-/m1/s1. The highest BCUT2D eigenvalue weighted by Crippen LogP contribution is 2.18. The summed E-state index contributed by atoms with van der Waals surface area (Å²) in [5.74, 6) is -1.92. The van der Waals surface area contributed by atoms with Crippen LogP contribution in [0.2, 0.25) is 0 Å². The number of carbonyl (C=O) groups excluding carboxylic acids is 1. The van der Waals surface area contributed by atoms with Gasteiger partial charge in [0, 0.05) is 23.4 Å². The van der Waals surface area contributed by atoms with Gasteiger partial charge in [0.05, 0.1) is 10.9 Å². The minimum atomic E-state index is -3.34. The van der Waals surface area contributed by atoms with Crippen molar-refractivity contribution in [2.75, 3.05) is 6.26 Å². The number of benzene rings is 2. The summed E-state index contributed by atoms with van der Waals surface area (Å²) in [5, 5.41) is 2.58. The van der Waals surface area contributed by atoms with Crippen LogP contribution < -0.4 is 5.32 Å². The summed E-state index contributed by atoms with van der Waals surface area (Å²) in [7, 11) is -3.34. The van der Waals surface area contributed by atoms with E-state index in [1.54, 1.807) is 6.92 Å². The Morgan fingerprint density at radius 1 is 1.09 bits per heavy atom. The maximum atomic E-state index is 13.7. The predicted octanol–water partition coefficient (Wildman–Crippen LogP) is 2.86. The molecule has 0 saturated heterocycles. The number of carbonyl (C=O) groups is 1. The molecule has 2 aromatic rings. The smallest absolute Gasteiger partial charge is 0.251 e. The Balaban J connectivity index is 2.15. The first-order chi connectivity index (χ1) is 10.7. The zero-order valence-electron chi connectivity index (χ0n) is 12.5. The summed E-state index contributed by atoms with van der Waals surface area (Å²) in [4.78, 5) is 12.2. The van der Waals surface area contributed by atoms with Gasteiger partial charge in [0.2, 0.25) is 0 Å².